The quantitative estimate of drug-likeness (QED) is 0.173. The molecule has 250 valence electrons. The van der Waals surface area contributed by atoms with Crippen LogP contribution >= 0.6 is 11.3 Å². The zero-order chi connectivity index (χ0) is 35.3. The molecule has 0 spiro atoms. The van der Waals surface area contributed by atoms with E-state index in [4.69, 9.17) is 0 Å². The van der Waals surface area contributed by atoms with Gasteiger partial charge < -0.3 is 4.57 Å². The second-order valence-corrected chi connectivity index (χ2v) is 16.0. The summed E-state index contributed by atoms with van der Waals surface area (Å²) < 4.78 is 5.19. The molecule has 0 saturated heterocycles. The van der Waals surface area contributed by atoms with Crippen LogP contribution in [0.3, 0.4) is 0 Å². The molecular weight excluding hydrogens is 659 g/mol. The fraction of sp³-hybridized carbons (Fsp3) is 0.0588. The molecule has 2 aromatic heterocycles. The molecule has 0 saturated carbocycles. The second kappa shape index (κ2) is 11.4. The topological polar surface area (TPSA) is 4.93 Å². The number of thiophene rings is 1. The molecule has 1 aliphatic carbocycles. The Morgan fingerprint density at radius 3 is 1.75 bits per heavy atom. The van der Waals surface area contributed by atoms with Crippen molar-refractivity contribution in [3.8, 4) is 50.2 Å². The zero-order valence-corrected chi connectivity index (χ0v) is 30.4. The third kappa shape index (κ3) is 4.49. The molecule has 10 aromatic rings. The monoisotopic (exact) mass is 693 g/mol. The van der Waals surface area contributed by atoms with Gasteiger partial charge in [0.15, 0.2) is 0 Å². The molecule has 0 bridgehead atoms. The Morgan fingerprint density at radius 2 is 1.02 bits per heavy atom. The van der Waals surface area contributed by atoms with E-state index in [2.05, 4.69) is 194 Å². The minimum absolute atomic E-state index is 0.0472. The summed E-state index contributed by atoms with van der Waals surface area (Å²) >= 11 is 1.94. The maximum Gasteiger partial charge on any atom is 0.0626 e. The Labute approximate surface area is 313 Å². The molecular formula is C51H35NS. The number of rotatable bonds is 4. The lowest BCUT2D eigenvalue weighted by molar-refractivity contribution is 0.661. The van der Waals surface area contributed by atoms with Crippen LogP contribution < -0.4 is 0 Å². The van der Waals surface area contributed by atoms with Crippen LogP contribution in [0.15, 0.2) is 176 Å². The summed E-state index contributed by atoms with van der Waals surface area (Å²) in [5, 5.41) is 5.28. The van der Waals surface area contributed by atoms with Gasteiger partial charge in [-0.2, -0.15) is 0 Å². The number of para-hydroxylation sites is 1. The van der Waals surface area contributed by atoms with Gasteiger partial charge >= 0.3 is 0 Å². The fourth-order valence-corrected chi connectivity index (χ4v) is 10.2. The molecule has 53 heavy (non-hydrogen) atoms. The van der Waals surface area contributed by atoms with Gasteiger partial charge in [-0.05, 0) is 86.5 Å². The molecule has 0 amide bonds. The number of hydrogen-bond acceptors (Lipinski definition) is 1. The summed E-state index contributed by atoms with van der Waals surface area (Å²) in [5.41, 5.74) is 16.5. The Balaban J connectivity index is 1.28. The maximum atomic E-state index is 2.52. The van der Waals surface area contributed by atoms with Crippen LogP contribution in [0.4, 0.5) is 0 Å². The Morgan fingerprint density at radius 1 is 0.415 bits per heavy atom. The highest BCUT2D eigenvalue weighted by Crippen LogP contribution is 2.54. The van der Waals surface area contributed by atoms with Crippen molar-refractivity contribution in [2.45, 2.75) is 19.3 Å². The van der Waals surface area contributed by atoms with Crippen LogP contribution in [-0.4, -0.2) is 4.57 Å². The van der Waals surface area contributed by atoms with E-state index in [0.29, 0.717) is 0 Å². The zero-order valence-electron chi connectivity index (χ0n) is 29.6. The summed E-state index contributed by atoms with van der Waals surface area (Å²) in [6.07, 6.45) is 0. The van der Waals surface area contributed by atoms with Crippen LogP contribution in [0, 0.1) is 0 Å². The van der Waals surface area contributed by atoms with E-state index in [1.807, 2.05) is 11.3 Å². The van der Waals surface area contributed by atoms with E-state index in [-0.39, 0.29) is 5.41 Å². The Bertz CT molecular complexity index is 3040. The first-order chi connectivity index (χ1) is 26.0. The lowest BCUT2D eigenvalue weighted by Crippen LogP contribution is -2.14. The van der Waals surface area contributed by atoms with Crippen molar-refractivity contribution in [1.29, 1.82) is 0 Å². The lowest BCUT2D eigenvalue weighted by Gasteiger charge is -2.21. The third-order valence-corrected chi connectivity index (χ3v) is 12.7. The first kappa shape index (κ1) is 30.4. The number of aromatic nitrogens is 1. The number of nitrogens with zero attached hydrogens (tertiary/aromatic N) is 1. The molecule has 1 aliphatic rings. The molecule has 0 atom stereocenters. The molecule has 0 radical (unpaired) electrons. The van der Waals surface area contributed by atoms with Crippen LogP contribution in [0.1, 0.15) is 25.0 Å². The molecule has 2 heterocycles. The highest BCUT2D eigenvalue weighted by Gasteiger charge is 2.36. The second-order valence-electron chi connectivity index (χ2n) is 14.9. The van der Waals surface area contributed by atoms with Gasteiger partial charge in [-0.3, -0.25) is 0 Å². The minimum atomic E-state index is -0.0472. The molecule has 11 rings (SSSR count). The standard InChI is InChI=1S/C51H35NS/c1-51(2)43-21-13-12-20-38(43)41-29-42-46(31-44(41)51)53-47-30-40(35-24-22-34(23-25-35)32-14-6-3-7-15-32)50-49(48(42)47)39-27-26-36(33-16-8-4-9-17-33)28-45(39)52(50)37-18-10-5-11-19-37/h3-31H,1-2H3. The highest BCUT2D eigenvalue weighted by atomic mass is 32.1. The SMILES string of the molecule is CC1(C)c2ccccc2-c2cc3c(cc21)sc1cc(-c2ccc(-c4ccccc4)cc2)c2c(c4ccc(-c5ccccc5)cc4n2-c2ccccc2)c13. The molecule has 0 unspecified atom stereocenters. The van der Waals surface area contributed by atoms with Crippen molar-refractivity contribution in [3.05, 3.63) is 187 Å². The van der Waals surface area contributed by atoms with Crippen molar-refractivity contribution >= 4 is 53.3 Å². The molecule has 0 N–H and O–H groups in total. The van der Waals surface area contributed by atoms with E-state index in [1.165, 1.54) is 97.6 Å². The predicted molar refractivity (Wildman–Crippen MR) is 228 cm³/mol. The van der Waals surface area contributed by atoms with Crippen LogP contribution in [-0.2, 0) is 5.41 Å². The van der Waals surface area contributed by atoms with Crippen molar-refractivity contribution in [3.63, 3.8) is 0 Å². The first-order valence-electron chi connectivity index (χ1n) is 18.4. The highest BCUT2D eigenvalue weighted by molar-refractivity contribution is 7.26. The molecule has 8 aromatic carbocycles. The smallest absolute Gasteiger partial charge is 0.0626 e. The van der Waals surface area contributed by atoms with E-state index < -0.39 is 0 Å². The van der Waals surface area contributed by atoms with Crippen LogP contribution in [0.2, 0.25) is 0 Å². The lowest BCUT2D eigenvalue weighted by atomic mass is 9.82. The van der Waals surface area contributed by atoms with Crippen LogP contribution in [0.25, 0.3) is 92.2 Å². The van der Waals surface area contributed by atoms with Gasteiger partial charge in [-0.25, -0.2) is 0 Å². The number of fused-ring (bicyclic) bond motifs is 10. The average Bonchev–Trinajstić information content (AvgIpc) is 3.82. The molecule has 2 heteroatoms. The molecule has 0 aliphatic heterocycles. The summed E-state index contributed by atoms with van der Waals surface area (Å²) in [5.74, 6) is 0. The van der Waals surface area contributed by atoms with Gasteiger partial charge in [-0.15, -0.1) is 11.3 Å². The third-order valence-electron chi connectivity index (χ3n) is 11.6. The van der Waals surface area contributed by atoms with Crippen molar-refractivity contribution < 1.29 is 0 Å². The molecule has 1 nitrogen and oxygen atoms in total. The van der Waals surface area contributed by atoms with E-state index in [0.717, 1.165) is 5.69 Å². The van der Waals surface area contributed by atoms with Gasteiger partial charge in [0.1, 0.15) is 0 Å². The average molecular weight is 694 g/mol. The number of benzene rings is 8. The summed E-state index contributed by atoms with van der Waals surface area (Å²) in [4.78, 5) is 0. The maximum absolute atomic E-state index is 2.52. The number of hydrogen-bond donors (Lipinski definition) is 0. The van der Waals surface area contributed by atoms with Gasteiger partial charge in [0, 0.05) is 47.6 Å². The van der Waals surface area contributed by atoms with E-state index in [9.17, 15) is 0 Å². The Kier molecular flexibility index (Phi) is 6.53. The first-order valence-corrected chi connectivity index (χ1v) is 19.2. The van der Waals surface area contributed by atoms with Crippen molar-refractivity contribution in [1.82, 2.24) is 4.57 Å². The van der Waals surface area contributed by atoms with Crippen molar-refractivity contribution in [2.75, 3.05) is 0 Å². The predicted octanol–water partition coefficient (Wildman–Crippen LogP) is 14.5. The van der Waals surface area contributed by atoms with Gasteiger partial charge in [-0.1, -0.05) is 153 Å². The molecule has 0 fully saturated rings. The normalized spacial score (nSPS) is 13.2. The van der Waals surface area contributed by atoms with Crippen molar-refractivity contribution in [2.24, 2.45) is 0 Å². The van der Waals surface area contributed by atoms with Gasteiger partial charge in [0.2, 0.25) is 0 Å². The van der Waals surface area contributed by atoms with Gasteiger partial charge in [0.25, 0.3) is 0 Å². The summed E-state index contributed by atoms with van der Waals surface area (Å²) in [6.45, 7) is 4.76. The Hall–Kier alpha value is -6.22. The minimum Gasteiger partial charge on any atom is -0.309 e. The van der Waals surface area contributed by atoms with E-state index in [1.54, 1.807) is 0 Å². The van der Waals surface area contributed by atoms with E-state index >= 15 is 0 Å². The largest absolute Gasteiger partial charge is 0.309 e. The van der Waals surface area contributed by atoms with Gasteiger partial charge in [0.05, 0.1) is 11.0 Å². The van der Waals surface area contributed by atoms with Crippen LogP contribution in [0.5, 0.6) is 0 Å². The fourth-order valence-electron chi connectivity index (χ4n) is 9.01. The summed E-state index contributed by atoms with van der Waals surface area (Å²) in [6, 6.07) is 65.1. The summed E-state index contributed by atoms with van der Waals surface area (Å²) in [7, 11) is 0.